The van der Waals surface area contributed by atoms with Crippen molar-refractivity contribution in [3.63, 3.8) is 0 Å². The van der Waals surface area contributed by atoms with Gasteiger partial charge in [0.25, 0.3) is 0 Å². The van der Waals surface area contributed by atoms with Gasteiger partial charge in [-0.2, -0.15) is 5.48 Å². The van der Waals surface area contributed by atoms with Gasteiger partial charge in [0, 0.05) is 0 Å². The van der Waals surface area contributed by atoms with Crippen LogP contribution in [0.1, 0.15) is 18.5 Å². The standard InChI is InChI=1S/C14H16N2O2/c1-10(16-18-9-14(15)17)12-8-4-6-11-5-2-3-7-13(11)12/h2-8,10,16H,9H2,1H3,(H2,15,17). The molecule has 0 aliphatic heterocycles. The molecule has 1 atom stereocenters. The van der Waals surface area contributed by atoms with E-state index in [1.54, 1.807) is 0 Å². The Kier molecular flexibility index (Phi) is 3.92. The Morgan fingerprint density at radius 1 is 1.28 bits per heavy atom. The minimum atomic E-state index is -0.493. The maximum absolute atomic E-state index is 10.6. The predicted molar refractivity (Wildman–Crippen MR) is 70.6 cm³/mol. The second-order valence-corrected chi connectivity index (χ2v) is 4.16. The molecular formula is C14H16N2O2. The Bertz CT molecular complexity index is 549. The van der Waals surface area contributed by atoms with E-state index in [2.05, 4.69) is 23.7 Å². The summed E-state index contributed by atoms with van der Waals surface area (Å²) in [7, 11) is 0. The van der Waals surface area contributed by atoms with E-state index in [0.717, 1.165) is 5.56 Å². The van der Waals surface area contributed by atoms with Crippen molar-refractivity contribution in [1.29, 1.82) is 0 Å². The fourth-order valence-electron chi connectivity index (χ4n) is 1.93. The molecule has 0 aliphatic rings. The van der Waals surface area contributed by atoms with E-state index in [-0.39, 0.29) is 12.6 Å². The molecule has 4 nitrogen and oxygen atoms in total. The molecule has 0 bridgehead atoms. The Morgan fingerprint density at radius 3 is 2.78 bits per heavy atom. The highest BCUT2D eigenvalue weighted by atomic mass is 16.6. The van der Waals surface area contributed by atoms with Crippen LogP contribution in [0.5, 0.6) is 0 Å². The molecule has 1 amide bonds. The predicted octanol–water partition coefficient (Wildman–Crippen LogP) is 1.91. The van der Waals surface area contributed by atoms with Crippen LogP contribution in [0.3, 0.4) is 0 Å². The lowest BCUT2D eigenvalue weighted by atomic mass is 10.0. The first-order chi connectivity index (χ1) is 8.68. The third-order valence-electron chi connectivity index (χ3n) is 2.76. The van der Waals surface area contributed by atoms with Crippen molar-refractivity contribution in [2.45, 2.75) is 13.0 Å². The monoisotopic (exact) mass is 244 g/mol. The lowest BCUT2D eigenvalue weighted by molar-refractivity contribution is -0.126. The topological polar surface area (TPSA) is 64.3 Å². The molecular weight excluding hydrogens is 228 g/mol. The summed E-state index contributed by atoms with van der Waals surface area (Å²) < 4.78 is 0. The first kappa shape index (κ1) is 12.5. The quantitative estimate of drug-likeness (QED) is 0.790. The lowest BCUT2D eigenvalue weighted by Gasteiger charge is -2.15. The highest BCUT2D eigenvalue weighted by Gasteiger charge is 2.09. The molecule has 4 heteroatoms. The largest absolute Gasteiger partial charge is 0.368 e. The number of fused-ring (bicyclic) bond motifs is 1. The van der Waals surface area contributed by atoms with Gasteiger partial charge in [0.2, 0.25) is 5.91 Å². The van der Waals surface area contributed by atoms with Gasteiger partial charge in [0.1, 0.15) is 6.61 Å². The summed E-state index contributed by atoms with van der Waals surface area (Å²) in [5, 5.41) is 2.35. The molecule has 0 aliphatic carbocycles. The minimum absolute atomic E-state index is 0.0181. The van der Waals surface area contributed by atoms with Crippen LogP contribution in [0.25, 0.3) is 10.8 Å². The maximum Gasteiger partial charge on any atom is 0.245 e. The number of benzene rings is 2. The second-order valence-electron chi connectivity index (χ2n) is 4.16. The van der Waals surface area contributed by atoms with Crippen LogP contribution in [-0.4, -0.2) is 12.5 Å². The third kappa shape index (κ3) is 2.85. The van der Waals surface area contributed by atoms with E-state index in [9.17, 15) is 4.79 Å². The van der Waals surface area contributed by atoms with E-state index in [1.165, 1.54) is 10.8 Å². The Hall–Kier alpha value is -1.91. The molecule has 18 heavy (non-hydrogen) atoms. The van der Waals surface area contributed by atoms with Crippen LogP contribution in [0.2, 0.25) is 0 Å². The molecule has 94 valence electrons. The molecule has 0 radical (unpaired) electrons. The van der Waals surface area contributed by atoms with Crippen LogP contribution >= 0.6 is 0 Å². The van der Waals surface area contributed by atoms with E-state index in [1.807, 2.05) is 31.2 Å². The normalized spacial score (nSPS) is 12.5. The first-order valence-corrected chi connectivity index (χ1v) is 5.82. The highest BCUT2D eigenvalue weighted by Crippen LogP contribution is 2.23. The number of hydrogen-bond acceptors (Lipinski definition) is 3. The number of nitrogens with two attached hydrogens (primary N) is 1. The number of amides is 1. The minimum Gasteiger partial charge on any atom is -0.368 e. The smallest absolute Gasteiger partial charge is 0.245 e. The van der Waals surface area contributed by atoms with E-state index in [0.29, 0.717) is 0 Å². The van der Waals surface area contributed by atoms with E-state index in [4.69, 9.17) is 10.6 Å². The van der Waals surface area contributed by atoms with Crippen molar-refractivity contribution in [3.8, 4) is 0 Å². The summed E-state index contributed by atoms with van der Waals surface area (Å²) >= 11 is 0. The summed E-state index contributed by atoms with van der Waals surface area (Å²) in [6.07, 6.45) is 0. The molecule has 0 fully saturated rings. The number of carbonyl (C=O) groups is 1. The van der Waals surface area contributed by atoms with Gasteiger partial charge in [-0.15, -0.1) is 0 Å². The molecule has 3 N–H and O–H groups in total. The molecule has 0 saturated heterocycles. The van der Waals surface area contributed by atoms with Crippen molar-refractivity contribution >= 4 is 16.7 Å². The average molecular weight is 244 g/mol. The van der Waals surface area contributed by atoms with Crippen molar-refractivity contribution in [2.75, 3.05) is 6.61 Å². The Labute approximate surface area is 106 Å². The number of nitrogens with one attached hydrogen (secondary N) is 1. The van der Waals surface area contributed by atoms with Crippen molar-refractivity contribution in [1.82, 2.24) is 5.48 Å². The Balaban J connectivity index is 2.17. The summed E-state index contributed by atoms with van der Waals surface area (Å²) in [6.45, 7) is 1.85. The van der Waals surface area contributed by atoms with Gasteiger partial charge in [-0.05, 0) is 23.3 Å². The third-order valence-corrected chi connectivity index (χ3v) is 2.76. The molecule has 2 rings (SSSR count). The zero-order valence-corrected chi connectivity index (χ0v) is 10.2. The van der Waals surface area contributed by atoms with Crippen LogP contribution < -0.4 is 11.2 Å². The van der Waals surface area contributed by atoms with Crippen molar-refractivity contribution in [3.05, 3.63) is 48.0 Å². The average Bonchev–Trinajstić information content (AvgIpc) is 2.37. The summed E-state index contributed by atoms with van der Waals surface area (Å²) in [5.74, 6) is -0.493. The van der Waals surface area contributed by atoms with Crippen LogP contribution in [-0.2, 0) is 9.63 Å². The molecule has 1 unspecified atom stereocenters. The summed E-state index contributed by atoms with van der Waals surface area (Å²) in [6, 6.07) is 14.2. The fourth-order valence-corrected chi connectivity index (χ4v) is 1.93. The molecule has 0 heterocycles. The summed E-state index contributed by atoms with van der Waals surface area (Å²) in [4.78, 5) is 15.6. The molecule has 2 aromatic carbocycles. The molecule has 2 aromatic rings. The molecule has 0 saturated carbocycles. The van der Waals surface area contributed by atoms with Crippen LogP contribution in [0.15, 0.2) is 42.5 Å². The van der Waals surface area contributed by atoms with Crippen molar-refractivity contribution in [2.24, 2.45) is 5.73 Å². The number of hydroxylamine groups is 1. The number of carbonyl (C=O) groups excluding carboxylic acids is 1. The number of hydrogen-bond donors (Lipinski definition) is 2. The van der Waals surface area contributed by atoms with Gasteiger partial charge in [0.05, 0.1) is 6.04 Å². The SMILES string of the molecule is CC(NOCC(N)=O)c1cccc2ccccc12. The maximum atomic E-state index is 10.6. The lowest BCUT2D eigenvalue weighted by Crippen LogP contribution is -2.26. The van der Waals surface area contributed by atoms with Gasteiger partial charge in [-0.3, -0.25) is 9.63 Å². The fraction of sp³-hybridized carbons (Fsp3) is 0.214. The van der Waals surface area contributed by atoms with Crippen LogP contribution in [0.4, 0.5) is 0 Å². The van der Waals surface area contributed by atoms with E-state index >= 15 is 0 Å². The summed E-state index contributed by atoms with van der Waals surface area (Å²) in [5.41, 5.74) is 8.95. The number of primary amides is 1. The number of rotatable bonds is 5. The van der Waals surface area contributed by atoms with Gasteiger partial charge in [-0.25, -0.2) is 0 Å². The molecule has 0 aromatic heterocycles. The molecule has 0 spiro atoms. The van der Waals surface area contributed by atoms with Gasteiger partial charge >= 0.3 is 0 Å². The zero-order valence-electron chi connectivity index (χ0n) is 10.2. The van der Waals surface area contributed by atoms with Crippen LogP contribution in [0, 0.1) is 0 Å². The highest BCUT2D eigenvalue weighted by molar-refractivity contribution is 5.86. The Morgan fingerprint density at radius 2 is 2.00 bits per heavy atom. The second kappa shape index (κ2) is 5.62. The first-order valence-electron chi connectivity index (χ1n) is 5.82. The van der Waals surface area contributed by atoms with Crippen molar-refractivity contribution < 1.29 is 9.63 Å². The van der Waals surface area contributed by atoms with Gasteiger partial charge in [-0.1, -0.05) is 42.5 Å². The van der Waals surface area contributed by atoms with E-state index < -0.39 is 5.91 Å². The zero-order chi connectivity index (χ0) is 13.0. The van der Waals surface area contributed by atoms with Gasteiger partial charge in [0.15, 0.2) is 0 Å². The van der Waals surface area contributed by atoms with Gasteiger partial charge < -0.3 is 5.73 Å².